The second kappa shape index (κ2) is 8.42. The molecule has 0 N–H and O–H groups in total. The summed E-state index contributed by atoms with van der Waals surface area (Å²) in [6.45, 7) is 2.76. The molecule has 0 radical (unpaired) electrons. The summed E-state index contributed by atoms with van der Waals surface area (Å²) in [6.07, 6.45) is 0. The van der Waals surface area contributed by atoms with E-state index in [1.807, 2.05) is 24.3 Å². The van der Waals surface area contributed by atoms with Crippen LogP contribution in [0.4, 0.5) is 0 Å². The van der Waals surface area contributed by atoms with E-state index in [0.29, 0.717) is 28.6 Å². The summed E-state index contributed by atoms with van der Waals surface area (Å²) < 4.78 is 14.2. The zero-order valence-corrected chi connectivity index (χ0v) is 14.3. The number of carbonyl (C=O) groups excluding carboxylic acids is 2. The molecule has 0 unspecified atom stereocenters. The van der Waals surface area contributed by atoms with Crippen molar-refractivity contribution in [3.8, 4) is 11.5 Å². The topological polar surface area (TPSA) is 52.6 Å². The number of carbonyl (C=O) groups is 2. The van der Waals surface area contributed by atoms with Crippen molar-refractivity contribution < 1.29 is 36.1 Å². The molecule has 0 heterocycles. The van der Waals surface area contributed by atoms with E-state index in [9.17, 15) is 9.59 Å². The molecular weight excluding hydrogens is 387 g/mol. The molecule has 0 aliphatic rings. The van der Waals surface area contributed by atoms with Crippen LogP contribution in [0.25, 0.3) is 0 Å². The molecule has 2 rings (SSSR count). The van der Waals surface area contributed by atoms with Gasteiger partial charge in [-0.3, -0.25) is 0 Å². The number of hydrogen-bond acceptors (Lipinski definition) is 4. The second-order valence-corrected chi connectivity index (χ2v) is 6.03. The van der Waals surface area contributed by atoms with Gasteiger partial charge in [-0.2, -0.15) is 0 Å². The Balaban J connectivity index is 2.02. The van der Waals surface area contributed by atoms with Gasteiger partial charge >= 0.3 is 142 Å². The maximum absolute atomic E-state index is 10.8. The van der Waals surface area contributed by atoms with E-state index < -0.39 is 0 Å². The van der Waals surface area contributed by atoms with Crippen molar-refractivity contribution in [2.75, 3.05) is 0 Å². The average molecular weight is 403 g/mol. The van der Waals surface area contributed by atoms with Crippen LogP contribution in [0, 0.1) is 0 Å². The molecule has 0 saturated heterocycles. The zero-order valence-electron chi connectivity index (χ0n) is 12.7. The molecule has 0 amide bonds. The number of esters is 2. The first-order chi connectivity index (χ1) is 11.0. The van der Waals surface area contributed by atoms with Crippen LogP contribution < -0.4 is 9.47 Å². The van der Waals surface area contributed by atoms with Crippen LogP contribution in [0.15, 0.2) is 48.5 Å². The van der Waals surface area contributed by atoms with Gasteiger partial charge < -0.3 is 0 Å². The first kappa shape index (κ1) is 17.1. The van der Waals surface area contributed by atoms with Crippen LogP contribution >= 0.6 is 0 Å². The van der Waals surface area contributed by atoms with E-state index in [4.69, 9.17) is 9.47 Å². The molecule has 23 heavy (non-hydrogen) atoms. The Morgan fingerprint density at radius 3 is 1.39 bits per heavy atom. The fourth-order valence-corrected chi connectivity index (χ4v) is 3.00. The fraction of sp³-hybridized carbons (Fsp3) is 0.111. The van der Waals surface area contributed by atoms with Gasteiger partial charge in [0, 0.05) is 0 Å². The fourth-order valence-electron chi connectivity index (χ4n) is 1.67. The maximum atomic E-state index is 10.8. The van der Waals surface area contributed by atoms with E-state index in [1.165, 1.54) is 13.8 Å². The normalized spacial score (nSPS) is 10.0. The Bertz CT molecular complexity index is 691. The van der Waals surface area contributed by atoms with Crippen LogP contribution in [-0.2, 0) is 26.7 Å². The Kier molecular flexibility index (Phi) is 6.28. The monoisotopic (exact) mass is 402 g/mol. The number of benzene rings is 2. The Morgan fingerprint density at radius 2 is 1.09 bits per heavy atom. The van der Waals surface area contributed by atoms with Gasteiger partial charge in [0.2, 0.25) is 0 Å². The predicted molar refractivity (Wildman–Crippen MR) is 85.8 cm³/mol. The zero-order chi connectivity index (χ0) is 16.7. The van der Waals surface area contributed by atoms with Crippen molar-refractivity contribution in [2.45, 2.75) is 13.8 Å². The van der Waals surface area contributed by atoms with Gasteiger partial charge in [-0.05, 0) is 0 Å². The number of rotatable bonds is 4. The summed E-state index contributed by atoms with van der Waals surface area (Å²) in [7, 11) is 0. The first-order valence-electron chi connectivity index (χ1n) is 6.81. The van der Waals surface area contributed by atoms with Crippen LogP contribution in [0.2, 0.25) is 0 Å². The van der Waals surface area contributed by atoms with Gasteiger partial charge in [-0.1, -0.05) is 0 Å². The van der Waals surface area contributed by atoms with Crippen molar-refractivity contribution in [1.29, 1.82) is 0 Å². The third kappa shape index (κ3) is 6.19. The van der Waals surface area contributed by atoms with Crippen LogP contribution in [0.5, 0.6) is 11.5 Å². The molecule has 0 fully saturated rings. The minimum absolute atomic E-state index is 0.302. The summed E-state index contributed by atoms with van der Waals surface area (Å²) in [5, 5.41) is 0. The molecule has 5 heteroatoms. The third-order valence-corrected chi connectivity index (χ3v) is 4.15. The Labute approximate surface area is 142 Å². The predicted octanol–water partition coefficient (Wildman–Crippen LogP) is 2.62. The Hall–Kier alpha value is -2.22. The molecule has 0 bridgehead atoms. The van der Waals surface area contributed by atoms with Gasteiger partial charge in [0.05, 0.1) is 0 Å². The van der Waals surface area contributed by atoms with Gasteiger partial charge in [-0.25, -0.2) is 0 Å². The molecule has 0 atom stereocenters. The van der Waals surface area contributed by atoms with Crippen molar-refractivity contribution in [3.05, 3.63) is 59.7 Å². The summed E-state index contributed by atoms with van der Waals surface area (Å²) in [5.41, 5.74) is 2.14. The molecule has 0 saturated carbocycles. The molecule has 0 aliphatic heterocycles. The van der Waals surface area contributed by atoms with Gasteiger partial charge in [0.1, 0.15) is 0 Å². The quantitative estimate of drug-likeness (QED) is 0.448. The number of ether oxygens (including phenoxy) is 2. The average Bonchev–Trinajstić information content (AvgIpc) is 2.50. The third-order valence-electron chi connectivity index (χ3n) is 2.60. The summed E-state index contributed by atoms with van der Waals surface area (Å²) in [4.78, 5) is 21.7. The first-order valence-corrected chi connectivity index (χ1v) is 8.61. The number of hydrogen-bond donors (Lipinski definition) is 0. The summed E-state index contributed by atoms with van der Waals surface area (Å²) >= 11 is 0.302. The van der Waals surface area contributed by atoms with E-state index >= 15 is 0 Å². The molecule has 2 aromatic carbocycles. The van der Waals surface area contributed by atoms with Crippen LogP contribution in [0.1, 0.15) is 25.0 Å². The summed E-state index contributed by atoms with van der Waals surface area (Å²) in [5.74, 6) is 0.447. The molecule has 0 spiro atoms. The molecule has 0 aliphatic carbocycles. The van der Waals surface area contributed by atoms with E-state index in [1.54, 1.807) is 24.3 Å². The SMILES string of the molecule is CC(=O)Oc1ccc([CH]=[Pd-4]=[CH]c2ccc(OC(C)=O)cc2)cc1. The standard InChI is InChI=1S/2C9H8O2.Pd/c2*1-7-3-5-9(6-4-7)11-8(2)10;/h2*1,3-6H,2H3;/q;;-4. The van der Waals surface area contributed by atoms with Gasteiger partial charge in [-0.15, -0.1) is 0 Å². The van der Waals surface area contributed by atoms with Crippen molar-refractivity contribution in [2.24, 2.45) is 0 Å². The van der Waals surface area contributed by atoms with Crippen molar-refractivity contribution in [1.82, 2.24) is 0 Å². The second-order valence-electron chi connectivity index (χ2n) is 4.61. The molecule has 2 aromatic rings. The summed E-state index contributed by atoms with van der Waals surface area (Å²) in [6, 6.07) is 14.7. The van der Waals surface area contributed by atoms with Crippen molar-refractivity contribution in [3.63, 3.8) is 0 Å². The Morgan fingerprint density at radius 1 is 0.739 bits per heavy atom. The van der Waals surface area contributed by atoms with E-state index in [-0.39, 0.29) is 11.9 Å². The van der Waals surface area contributed by atoms with Crippen molar-refractivity contribution >= 4 is 20.9 Å². The van der Waals surface area contributed by atoms with E-state index in [2.05, 4.69) is 8.97 Å². The van der Waals surface area contributed by atoms with Gasteiger partial charge in [0.15, 0.2) is 0 Å². The van der Waals surface area contributed by atoms with Crippen LogP contribution in [-0.4, -0.2) is 20.9 Å². The molecule has 4 nitrogen and oxygen atoms in total. The van der Waals surface area contributed by atoms with Crippen LogP contribution in [0.3, 0.4) is 0 Å². The molecule has 0 aromatic heterocycles. The molecular formula is C18H16O4Pd-4. The minimum atomic E-state index is -0.323. The van der Waals surface area contributed by atoms with Gasteiger partial charge in [0.25, 0.3) is 0 Å². The van der Waals surface area contributed by atoms with E-state index in [0.717, 1.165) is 11.1 Å². The molecule has 126 valence electrons.